The van der Waals surface area contributed by atoms with E-state index in [4.69, 9.17) is 5.73 Å². The molecule has 2 rings (SSSR count). The summed E-state index contributed by atoms with van der Waals surface area (Å²) in [6.07, 6.45) is 1.51. The zero-order valence-corrected chi connectivity index (χ0v) is 10.5. The van der Waals surface area contributed by atoms with Crippen LogP contribution in [0.1, 0.15) is 6.92 Å². The van der Waals surface area contributed by atoms with E-state index in [0.29, 0.717) is 18.4 Å². The fourth-order valence-corrected chi connectivity index (χ4v) is 2.12. The highest BCUT2D eigenvalue weighted by Crippen LogP contribution is 2.32. The third kappa shape index (κ3) is 2.21. The Morgan fingerprint density at radius 1 is 1.56 bits per heavy atom. The molecule has 1 aromatic rings. The van der Waals surface area contributed by atoms with Gasteiger partial charge in [0.15, 0.2) is 0 Å². The highest BCUT2D eigenvalue weighted by Gasteiger charge is 2.28. The number of aromatic nitrogens is 1. The minimum atomic E-state index is -0.458. The van der Waals surface area contributed by atoms with E-state index in [9.17, 15) is 10.1 Å². The molecule has 0 saturated carbocycles. The average molecular weight is 251 g/mol. The summed E-state index contributed by atoms with van der Waals surface area (Å²) in [6.45, 7) is 4.38. The van der Waals surface area contributed by atoms with Crippen molar-refractivity contribution in [3.05, 3.63) is 22.4 Å². The molecule has 0 aliphatic carbocycles. The van der Waals surface area contributed by atoms with Gasteiger partial charge in [0.1, 0.15) is 5.69 Å². The topological polar surface area (TPSA) is 88.5 Å². The maximum Gasteiger partial charge on any atom is 0.334 e. The van der Waals surface area contributed by atoms with Gasteiger partial charge in [0.05, 0.1) is 4.92 Å². The fourth-order valence-electron chi connectivity index (χ4n) is 2.12. The molecule has 18 heavy (non-hydrogen) atoms. The molecular weight excluding hydrogens is 234 g/mol. The third-order valence-corrected chi connectivity index (χ3v) is 3.38. The summed E-state index contributed by atoms with van der Waals surface area (Å²) in [7, 11) is 2.04. The maximum absolute atomic E-state index is 11.1. The van der Waals surface area contributed by atoms with Crippen molar-refractivity contribution in [1.29, 1.82) is 0 Å². The first kappa shape index (κ1) is 12.6. The van der Waals surface area contributed by atoms with Gasteiger partial charge in [-0.15, -0.1) is 0 Å². The number of rotatable bonds is 2. The number of nitrogens with zero attached hydrogens (tertiary/aromatic N) is 4. The number of piperazine rings is 1. The third-order valence-electron chi connectivity index (χ3n) is 3.38. The zero-order chi connectivity index (χ0) is 13.3. The number of anilines is 2. The van der Waals surface area contributed by atoms with Crippen LogP contribution in [-0.4, -0.2) is 47.5 Å². The minimum Gasteiger partial charge on any atom is -0.393 e. The van der Waals surface area contributed by atoms with Crippen LogP contribution in [0.15, 0.2) is 12.3 Å². The molecule has 1 unspecified atom stereocenters. The summed E-state index contributed by atoms with van der Waals surface area (Å²) in [5, 5.41) is 11.1. The van der Waals surface area contributed by atoms with Crippen molar-refractivity contribution in [1.82, 2.24) is 9.88 Å². The van der Waals surface area contributed by atoms with Gasteiger partial charge in [-0.1, -0.05) is 0 Å². The minimum absolute atomic E-state index is 0.0887. The second-order valence-corrected chi connectivity index (χ2v) is 4.61. The number of hydrogen-bond acceptors (Lipinski definition) is 6. The Labute approximate surface area is 105 Å². The van der Waals surface area contributed by atoms with Crippen molar-refractivity contribution in [2.75, 3.05) is 37.3 Å². The lowest BCUT2D eigenvalue weighted by molar-refractivity contribution is -0.383. The molecule has 0 amide bonds. The van der Waals surface area contributed by atoms with E-state index in [2.05, 4.69) is 16.8 Å². The van der Waals surface area contributed by atoms with Crippen LogP contribution in [0, 0.1) is 10.1 Å². The number of pyridine rings is 1. The number of nitro groups is 1. The van der Waals surface area contributed by atoms with Crippen molar-refractivity contribution in [2.24, 2.45) is 0 Å². The lowest BCUT2D eigenvalue weighted by atomic mass is 10.2. The highest BCUT2D eigenvalue weighted by molar-refractivity contribution is 5.71. The Morgan fingerprint density at radius 3 is 2.89 bits per heavy atom. The molecule has 0 bridgehead atoms. The SMILES string of the molecule is CC1CN(c2nccc(N)c2[N+](=O)[O-])CCN1C. The van der Waals surface area contributed by atoms with Gasteiger partial charge in [0.2, 0.25) is 5.82 Å². The maximum atomic E-state index is 11.1. The van der Waals surface area contributed by atoms with E-state index < -0.39 is 4.92 Å². The first-order valence-electron chi connectivity index (χ1n) is 5.84. The Morgan fingerprint density at radius 2 is 2.28 bits per heavy atom. The zero-order valence-electron chi connectivity index (χ0n) is 10.5. The molecule has 0 aromatic carbocycles. The van der Waals surface area contributed by atoms with E-state index in [1.165, 1.54) is 12.3 Å². The molecule has 7 nitrogen and oxygen atoms in total. The summed E-state index contributed by atoms with van der Waals surface area (Å²) < 4.78 is 0. The van der Waals surface area contributed by atoms with Crippen LogP contribution in [0.25, 0.3) is 0 Å². The Hall–Kier alpha value is -1.89. The second kappa shape index (κ2) is 4.77. The molecular formula is C11H17N5O2. The van der Waals surface area contributed by atoms with Crippen molar-refractivity contribution in [2.45, 2.75) is 13.0 Å². The van der Waals surface area contributed by atoms with Crippen LogP contribution < -0.4 is 10.6 Å². The smallest absolute Gasteiger partial charge is 0.334 e. The molecule has 1 aromatic heterocycles. The second-order valence-electron chi connectivity index (χ2n) is 4.61. The monoisotopic (exact) mass is 251 g/mol. The molecule has 98 valence electrons. The van der Waals surface area contributed by atoms with E-state index in [1.54, 1.807) is 0 Å². The van der Waals surface area contributed by atoms with E-state index in [0.717, 1.165) is 13.1 Å². The largest absolute Gasteiger partial charge is 0.393 e. The normalized spacial score (nSPS) is 21.0. The summed E-state index contributed by atoms with van der Waals surface area (Å²) >= 11 is 0. The predicted molar refractivity (Wildman–Crippen MR) is 69.6 cm³/mol. The number of nitrogen functional groups attached to an aromatic ring is 1. The van der Waals surface area contributed by atoms with Crippen molar-refractivity contribution < 1.29 is 4.92 Å². The number of nitrogens with two attached hydrogens (primary N) is 1. The van der Waals surface area contributed by atoms with Crippen LogP contribution in [0.3, 0.4) is 0 Å². The van der Waals surface area contributed by atoms with Gasteiger partial charge < -0.3 is 15.5 Å². The van der Waals surface area contributed by atoms with Gasteiger partial charge in [-0.3, -0.25) is 10.1 Å². The molecule has 2 heterocycles. The van der Waals surface area contributed by atoms with Gasteiger partial charge in [0.25, 0.3) is 0 Å². The quantitative estimate of drug-likeness (QED) is 0.615. The average Bonchev–Trinajstić information content (AvgIpc) is 2.32. The first-order valence-corrected chi connectivity index (χ1v) is 5.84. The summed E-state index contributed by atoms with van der Waals surface area (Å²) in [6, 6.07) is 1.79. The van der Waals surface area contributed by atoms with Crippen LogP contribution in [0.5, 0.6) is 0 Å². The number of likely N-dealkylation sites (N-methyl/N-ethyl adjacent to an activating group) is 1. The van der Waals surface area contributed by atoms with Gasteiger partial charge in [-0.05, 0) is 20.0 Å². The van der Waals surface area contributed by atoms with E-state index in [1.807, 2.05) is 11.9 Å². The van der Waals surface area contributed by atoms with Gasteiger partial charge >= 0.3 is 5.69 Å². The van der Waals surface area contributed by atoms with Crippen molar-refractivity contribution >= 4 is 17.2 Å². The van der Waals surface area contributed by atoms with Crippen LogP contribution in [-0.2, 0) is 0 Å². The van der Waals surface area contributed by atoms with Crippen LogP contribution in [0.2, 0.25) is 0 Å². The van der Waals surface area contributed by atoms with Crippen LogP contribution >= 0.6 is 0 Å². The van der Waals surface area contributed by atoms with Crippen LogP contribution in [0.4, 0.5) is 17.2 Å². The molecule has 0 radical (unpaired) electrons. The number of hydrogen-bond donors (Lipinski definition) is 1. The molecule has 7 heteroatoms. The Bertz CT molecular complexity index is 465. The lowest BCUT2D eigenvalue weighted by Crippen LogP contribution is -2.50. The summed E-state index contributed by atoms with van der Waals surface area (Å²) in [5.74, 6) is 0.375. The van der Waals surface area contributed by atoms with Crippen molar-refractivity contribution in [3.63, 3.8) is 0 Å². The molecule has 0 spiro atoms. The molecule has 2 N–H and O–H groups in total. The summed E-state index contributed by atoms with van der Waals surface area (Å²) in [4.78, 5) is 18.9. The lowest BCUT2D eigenvalue weighted by Gasteiger charge is -2.38. The molecule has 1 fully saturated rings. The predicted octanol–water partition coefficient (Wildman–Crippen LogP) is 0.712. The standard InChI is InChI=1S/C11H17N5O2/c1-8-7-15(6-5-14(8)2)11-10(16(17)18)9(12)3-4-13-11/h3-4,8H,5-7H2,1-2H3,(H2,12,13). The first-order chi connectivity index (χ1) is 8.50. The van der Waals surface area contributed by atoms with Gasteiger partial charge in [0, 0.05) is 31.9 Å². The molecule has 1 aliphatic rings. The van der Waals surface area contributed by atoms with Gasteiger partial charge in [-0.2, -0.15) is 0 Å². The Balaban J connectivity index is 2.34. The molecule has 1 atom stereocenters. The van der Waals surface area contributed by atoms with E-state index in [-0.39, 0.29) is 11.4 Å². The highest BCUT2D eigenvalue weighted by atomic mass is 16.6. The van der Waals surface area contributed by atoms with E-state index >= 15 is 0 Å². The fraction of sp³-hybridized carbons (Fsp3) is 0.545. The molecule has 1 aliphatic heterocycles. The molecule has 1 saturated heterocycles. The van der Waals surface area contributed by atoms with Gasteiger partial charge in [-0.25, -0.2) is 4.98 Å². The Kier molecular flexibility index (Phi) is 3.33. The summed E-state index contributed by atoms with van der Waals surface area (Å²) in [5.41, 5.74) is 5.75. The van der Waals surface area contributed by atoms with Crippen molar-refractivity contribution in [3.8, 4) is 0 Å².